The molecule has 116 valence electrons. The molecule has 0 saturated heterocycles. The van der Waals surface area contributed by atoms with Crippen LogP contribution >= 0.6 is 11.3 Å². The van der Waals surface area contributed by atoms with E-state index in [0.717, 1.165) is 23.4 Å². The SMILES string of the molecule is O=C(O)c1cnc(N(Cc2nc3ccccc3s2)C2CC2)cn1. The number of hydrogen-bond donors (Lipinski definition) is 1. The number of aromatic carboxylic acids is 1. The monoisotopic (exact) mass is 326 g/mol. The Hall–Kier alpha value is -2.54. The highest BCUT2D eigenvalue weighted by Gasteiger charge is 2.31. The zero-order valence-corrected chi connectivity index (χ0v) is 13.0. The Balaban J connectivity index is 1.61. The summed E-state index contributed by atoms with van der Waals surface area (Å²) in [5.74, 6) is -0.357. The van der Waals surface area contributed by atoms with Gasteiger partial charge in [-0.15, -0.1) is 11.3 Å². The molecule has 0 spiro atoms. The Morgan fingerprint density at radius 1 is 1.26 bits per heavy atom. The van der Waals surface area contributed by atoms with Gasteiger partial charge in [-0.05, 0) is 25.0 Å². The molecule has 1 N–H and O–H groups in total. The minimum absolute atomic E-state index is 0.0375. The summed E-state index contributed by atoms with van der Waals surface area (Å²) in [7, 11) is 0. The van der Waals surface area contributed by atoms with Crippen molar-refractivity contribution < 1.29 is 9.90 Å². The van der Waals surface area contributed by atoms with Gasteiger partial charge in [0.25, 0.3) is 0 Å². The van der Waals surface area contributed by atoms with Crippen molar-refractivity contribution in [3.63, 3.8) is 0 Å². The number of nitrogens with zero attached hydrogens (tertiary/aromatic N) is 4. The number of aromatic nitrogens is 3. The Kier molecular flexibility index (Phi) is 3.42. The highest BCUT2D eigenvalue weighted by Crippen LogP contribution is 2.33. The van der Waals surface area contributed by atoms with Crippen molar-refractivity contribution in [1.29, 1.82) is 0 Å². The summed E-state index contributed by atoms with van der Waals surface area (Å²) in [5, 5.41) is 9.96. The molecular formula is C16H14N4O2S. The van der Waals surface area contributed by atoms with E-state index in [9.17, 15) is 4.79 Å². The van der Waals surface area contributed by atoms with E-state index < -0.39 is 5.97 Å². The summed E-state index contributed by atoms with van der Waals surface area (Å²) in [6, 6.07) is 8.52. The number of carbonyl (C=O) groups is 1. The maximum Gasteiger partial charge on any atom is 0.356 e. The molecule has 4 rings (SSSR count). The molecule has 6 nitrogen and oxygen atoms in total. The van der Waals surface area contributed by atoms with Crippen molar-refractivity contribution in [2.45, 2.75) is 25.4 Å². The number of thiazole rings is 1. The lowest BCUT2D eigenvalue weighted by Gasteiger charge is -2.21. The zero-order chi connectivity index (χ0) is 15.8. The molecule has 1 saturated carbocycles. The van der Waals surface area contributed by atoms with Crippen LogP contribution in [0.4, 0.5) is 5.82 Å². The van der Waals surface area contributed by atoms with Gasteiger partial charge < -0.3 is 10.0 Å². The van der Waals surface area contributed by atoms with Gasteiger partial charge in [0, 0.05) is 6.04 Å². The maximum atomic E-state index is 10.9. The van der Waals surface area contributed by atoms with Gasteiger partial charge in [-0.2, -0.15) is 0 Å². The Morgan fingerprint density at radius 3 is 2.74 bits per heavy atom. The third-order valence-electron chi connectivity index (χ3n) is 3.78. The van der Waals surface area contributed by atoms with Gasteiger partial charge in [0.15, 0.2) is 5.69 Å². The van der Waals surface area contributed by atoms with E-state index in [1.807, 2.05) is 18.2 Å². The number of fused-ring (bicyclic) bond motifs is 1. The Labute approximate surface area is 136 Å². The van der Waals surface area contributed by atoms with Crippen molar-refractivity contribution in [2.75, 3.05) is 4.90 Å². The molecule has 7 heteroatoms. The number of rotatable bonds is 5. The van der Waals surface area contributed by atoms with Crippen molar-refractivity contribution >= 4 is 33.3 Å². The molecule has 0 amide bonds. The van der Waals surface area contributed by atoms with E-state index in [1.165, 1.54) is 17.1 Å². The first-order valence-corrected chi connectivity index (χ1v) is 8.19. The fourth-order valence-corrected chi connectivity index (χ4v) is 3.46. The lowest BCUT2D eigenvalue weighted by Crippen LogP contribution is -2.26. The number of anilines is 1. The smallest absolute Gasteiger partial charge is 0.356 e. The van der Waals surface area contributed by atoms with E-state index in [0.29, 0.717) is 18.4 Å². The van der Waals surface area contributed by atoms with Crippen LogP contribution in [0, 0.1) is 0 Å². The Morgan fingerprint density at radius 2 is 2.09 bits per heavy atom. The normalized spacial score (nSPS) is 14.1. The second kappa shape index (κ2) is 5.58. The van der Waals surface area contributed by atoms with E-state index in [-0.39, 0.29) is 5.69 Å². The number of hydrogen-bond acceptors (Lipinski definition) is 6. The van der Waals surface area contributed by atoms with Gasteiger partial charge in [-0.25, -0.2) is 19.7 Å². The van der Waals surface area contributed by atoms with Crippen LogP contribution in [0.15, 0.2) is 36.7 Å². The molecule has 0 atom stereocenters. The zero-order valence-electron chi connectivity index (χ0n) is 12.2. The lowest BCUT2D eigenvalue weighted by molar-refractivity contribution is 0.0690. The molecular weight excluding hydrogens is 312 g/mol. The van der Waals surface area contributed by atoms with E-state index in [2.05, 4.69) is 25.9 Å². The maximum absolute atomic E-state index is 10.9. The lowest BCUT2D eigenvalue weighted by atomic mass is 10.3. The number of carboxylic acid groups (broad SMARTS) is 1. The molecule has 2 aromatic heterocycles. The van der Waals surface area contributed by atoms with Gasteiger partial charge in [-0.3, -0.25) is 0 Å². The predicted molar refractivity (Wildman–Crippen MR) is 87.8 cm³/mol. The summed E-state index contributed by atoms with van der Waals surface area (Å²) < 4.78 is 1.17. The molecule has 1 aromatic carbocycles. The molecule has 23 heavy (non-hydrogen) atoms. The van der Waals surface area contributed by atoms with Gasteiger partial charge in [0.05, 0.1) is 29.2 Å². The van der Waals surface area contributed by atoms with E-state index in [1.54, 1.807) is 11.3 Å². The topological polar surface area (TPSA) is 79.2 Å². The molecule has 0 aliphatic heterocycles. The molecule has 1 fully saturated rings. The van der Waals surface area contributed by atoms with Gasteiger partial charge in [-0.1, -0.05) is 12.1 Å². The summed E-state index contributed by atoms with van der Waals surface area (Å²) in [5.41, 5.74) is 0.972. The summed E-state index contributed by atoms with van der Waals surface area (Å²) in [6.45, 7) is 0.672. The first kappa shape index (κ1) is 14.1. The van der Waals surface area contributed by atoms with Crippen LogP contribution in [0.2, 0.25) is 0 Å². The van der Waals surface area contributed by atoms with Gasteiger partial charge in [0.2, 0.25) is 0 Å². The molecule has 1 aliphatic carbocycles. The second-order valence-corrected chi connectivity index (χ2v) is 6.61. The fraction of sp³-hybridized carbons (Fsp3) is 0.250. The molecule has 0 unspecified atom stereocenters. The quantitative estimate of drug-likeness (QED) is 0.776. The molecule has 3 aromatic rings. The van der Waals surface area contributed by atoms with Crippen LogP contribution in [-0.2, 0) is 6.54 Å². The highest BCUT2D eigenvalue weighted by atomic mass is 32.1. The number of para-hydroxylation sites is 1. The average Bonchev–Trinajstić information content (AvgIpc) is 3.32. The predicted octanol–water partition coefficient (Wildman–Crippen LogP) is 2.95. The Bertz CT molecular complexity index is 825. The fourth-order valence-electron chi connectivity index (χ4n) is 2.50. The third kappa shape index (κ3) is 2.87. The van der Waals surface area contributed by atoms with Crippen molar-refractivity contribution in [1.82, 2.24) is 15.0 Å². The van der Waals surface area contributed by atoms with E-state index in [4.69, 9.17) is 5.11 Å². The van der Waals surface area contributed by atoms with Crippen molar-refractivity contribution in [3.05, 3.63) is 47.4 Å². The molecule has 2 heterocycles. The van der Waals surface area contributed by atoms with Crippen LogP contribution in [0.1, 0.15) is 28.3 Å². The van der Waals surface area contributed by atoms with Crippen LogP contribution in [0.3, 0.4) is 0 Å². The minimum atomic E-state index is -1.06. The summed E-state index contributed by atoms with van der Waals surface area (Å²) in [4.78, 5) is 26.0. The van der Waals surface area contributed by atoms with Gasteiger partial charge in [0.1, 0.15) is 10.8 Å². The number of benzene rings is 1. The first-order valence-electron chi connectivity index (χ1n) is 7.37. The standard InChI is InChI=1S/C16H14N4O2S/c21-16(22)12-7-18-14(8-17-12)20(10-5-6-10)9-15-19-11-3-1-2-4-13(11)23-15/h1-4,7-8,10H,5-6,9H2,(H,21,22). The molecule has 0 radical (unpaired) electrons. The van der Waals surface area contributed by atoms with Crippen molar-refractivity contribution in [2.24, 2.45) is 0 Å². The van der Waals surface area contributed by atoms with E-state index >= 15 is 0 Å². The minimum Gasteiger partial charge on any atom is -0.476 e. The van der Waals surface area contributed by atoms with Gasteiger partial charge >= 0.3 is 5.97 Å². The first-order chi connectivity index (χ1) is 11.2. The number of carboxylic acids is 1. The second-order valence-electron chi connectivity index (χ2n) is 5.50. The average molecular weight is 326 g/mol. The molecule has 0 bridgehead atoms. The third-order valence-corrected chi connectivity index (χ3v) is 4.80. The van der Waals surface area contributed by atoms with Crippen LogP contribution < -0.4 is 4.90 Å². The van der Waals surface area contributed by atoms with Crippen LogP contribution in [0.25, 0.3) is 10.2 Å². The van der Waals surface area contributed by atoms with Crippen molar-refractivity contribution in [3.8, 4) is 0 Å². The summed E-state index contributed by atoms with van der Waals surface area (Å²) in [6.07, 6.45) is 5.08. The highest BCUT2D eigenvalue weighted by molar-refractivity contribution is 7.18. The van der Waals surface area contributed by atoms with Crippen LogP contribution in [0.5, 0.6) is 0 Å². The largest absolute Gasteiger partial charge is 0.476 e. The summed E-state index contributed by atoms with van der Waals surface area (Å²) >= 11 is 1.68. The van der Waals surface area contributed by atoms with Crippen LogP contribution in [-0.4, -0.2) is 32.1 Å². The molecule has 1 aliphatic rings.